The third-order valence-electron chi connectivity index (χ3n) is 2.08. The molecule has 0 aliphatic rings. The number of likely N-dealkylation sites (N-methyl/N-ethyl adjacent to an activating group) is 1. The Kier molecular flexibility index (Phi) is 3.74. The summed E-state index contributed by atoms with van der Waals surface area (Å²) < 4.78 is 25.9. The standard InChI is InChI=1S/C10H11F2NO2/c1-13-9(10(14)15)5-6-4-7(11)2-3-8(6)12/h2-4,9,13H,5H2,1H3,(H,14,15)/t9-/m0/s1. The van der Waals surface area contributed by atoms with E-state index in [0.29, 0.717) is 0 Å². The predicted molar refractivity (Wildman–Crippen MR) is 50.5 cm³/mol. The zero-order valence-electron chi connectivity index (χ0n) is 8.13. The van der Waals surface area contributed by atoms with Gasteiger partial charge in [-0.05, 0) is 30.8 Å². The van der Waals surface area contributed by atoms with Crippen LogP contribution in [-0.4, -0.2) is 24.2 Å². The number of aliphatic carboxylic acids is 1. The van der Waals surface area contributed by atoms with Gasteiger partial charge in [0.25, 0.3) is 0 Å². The van der Waals surface area contributed by atoms with E-state index < -0.39 is 23.6 Å². The Morgan fingerprint density at radius 3 is 2.73 bits per heavy atom. The lowest BCUT2D eigenvalue weighted by Crippen LogP contribution is -2.36. The molecule has 0 amide bonds. The first kappa shape index (κ1) is 11.6. The summed E-state index contributed by atoms with van der Waals surface area (Å²) in [6.45, 7) is 0. The lowest BCUT2D eigenvalue weighted by atomic mass is 10.1. The average Bonchev–Trinajstić information content (AvgIpc) is 2.18. The molecule has 1 aromatic carbocycles. The van der Waals surface area contributed by atoms with Gasteiger partial charge in [-0.2, -0.15) is 0 Å². The second kappa shape index (κ2) is 4.84. The zero-order chi connectivity index (χ0) is 11.4. The van der Waals surface area contributed by atoms with Crippen molar-refractivity contribution in [1.29, 1.82) is 0 Å². The van der Waals surface area contributed by atoms with Gasteiger partial charge in [0, 0.05) is 6.42 Å². The van der Waals surface area contributed by atoms with Gasteiger partial charge in [0.05, 0.1) is 0 Å². The molecule has 0 aliphatic carbocycles. The van der Waals surface area contributed by atoms with Crippen LogP contribution in [0.3, 0.4) is 0 Å². The van der Waals surface area contributed by atoms with Crippen LogP contribution in [0.2, 0.25) is 0 Å². The van der Waals surface area contributed by atoms with Gasteiger partial charge < -0.3 is 10.4 Å². The van der Waals surface area contributed by atoms with Gasteiger partial charge in [0.1, 0.15) is 17.7 Å². The number of benzene rings is 1. The van der Waals surface area contributed by atoms with Gasteiger partial charge in [-0.1, -0.05) is 0 Å². The van der Waals surface area contributed by atoms with Crippen molar-refractivity contribution < 1.29 is 18.7 Å². The third kappa shape index (κ3) is 2.99. The van der Waals surface area contributed by atoms with Gasteiger partial charge >= 0.3 is 5.97 Å². The molecule has 1 rings (SSSR count). The first-order valence-corrected chi connectivity index (χ1v) is 4.38. The van der Waals surface area contributed by atoms with Crippen LogP contribution in [0.15, 0.2) is 18.2 Å². The van der Waals surface area contributed by atoms with Crippen molar-refractivity contribution in [1.82, 2.24) is 5.32 Å². The van der Waals surface area contributed by atoms with Gasteiger partial charge in [-0.15, -0.1) is 0 Å². The number of hydrogen-bond acceptors (Lipinski definition) is 2. The van der Waals surface area contributed by atoms with Crippen LogP contribution in [0.1, 0.15) is 5.56 Å². The van der Waals surface area contributed by atoms with Crippen LogP contribution in [0.5, 0.6) is 0 Å². The molecule has 0 radical (unpaired) electrons. The summed E-state index contributed by atoms with van der Waals surface area (Å²) in [6, 6.07) is 2.07. The fourth-order valence-corrected chi connectivity index (χ4v) is 1.23. The summed E-state index contributed by atoms with van der Waals surface area (Å²) in [5, 5.41) is 11.2. The minimum Gasteiger partial charge on any atom is -0.480 e. The van der Waals surface area contributed by atoms with E-state index in [1.807, 2.05) is 0 Å². The third-order valence-corrected chi connectivity index (χ3v) is 2.08. The van der Waals surface area contributed by atoms with E-state index in [-0.39, 0.29) is 12.0 Å². The molecule has 0 aromatic heterocycles. The highest BCUT2D eigenvalue weighted by atomic mass is 19.1. The molecular weight excluding hydrogens is 204 g/mol. The number of rotatable bonds is 4. The quantitative estimate of drug-likeness (QED) is 0.792. The lowest BCUT2D eigenvalue weighted by Gasteiger charge is -2.11. The molecule has 0 saturated heterocycles. The Balaban J connectivity index is 2.87. The molecule has 82 valence electrons. The molecule has 3 nitrogen and oxygen atoms in total. The summed E-state index contributed by atoms with van der Waals surface area (Å²) in [7, 11) is 1.45. The lowest BCUT2D eigenvalue weighted by molar-refractivity contribution is -0.139. The van der Waals surface area contributed by atoms with Crippen molar-refractivity contribution >= 4 is 5.97 Å². The van der Waals surface area contributed by atoms with Crippen LogP contribution in [0.4, 0.5) is 8.78 Å². The minimum absolute atomic E-state index is 0.0525. The number of carbonyl (C=O) groups is 1. The van der Waals surface area contributed by atoms with Gasteiger partial charge in [-0.25, -0.2) is 8.78 Å². The molecule has 15 heavy (non-hydrogen) atoms. The summed E-state index contributed by atoms with van der Waals surface area (Å²) >= 11 is 0. The molecule has 1 atom stereocenters. The second-order valence-electron chi connectivity index (χ2n) is 3.12. The van der Waals surface area contributed by atoms with Crippen molar-refractivity contribution in [2.45, 2.75) is 12.5 Å². The van der Waals surface area contributed by atoms with E-state index in [0.717, 1.165) is 18.2 Å². The number of carboxylic acids is 1. The van der Waals surface area contributed by atoms with Crippen molar-refractivity contribution in [3.05, 3.63) is 35.4 Å². The molecule has 0 bridgehead atoms. The molecule has 0 spiro atoms. The van der Waals surface area contributed by atoms with Crippen molar-refractivity contribution in [3.63, 3.8) is 0 Å². The molecule has 0 saturated carbocycles. The SMILES string of the molecule is CN[C@@H](Cc1cc(F)ccc1F)C(=O)O. The molecular formula is C10H11F2NO2. The van der Waals surface area contributed by atoms with Crippen LogP contribution >= 0.6 is 0 Å². The largest absolute Gasteiger partial charge is 0.480 e. The van der Waals surface area contributed by atoms with Crippen LogP contribution in [-0.2, 0) is 11.2 Å². The Hall–Kier alpha value is -1.49. The maximum atomic E-state index is 13.1. The Labute approximate surface area is 85.7 Å². The van der Waals surface area contributed by atoms with Crippen molar-refractivity contribution in [3.8, 4) is 0 Å². The van der Waals surface area contributed by atoms with Gasteiger partial charge in [0.15, 0.2) is 0 Å². The Bertz CT molecular complexity index is 368. The topological polar surface area (TPSA) is 49.3 Å². The van der Waals surface area contributed by atoms with E-state index in [1.165, 1.54) is 7.05 Å². The molecule has 0 heterocycles. The molecule has 1 aromatic rings. The molecule has 0 aliphatic heterocycles. The fourth-order valence-electron chi connectivity index (χ4n) is 1.23. The number of carboxylic acid groups (broad SMARTS) is 1. The zero-order valence-corrected chi connectivity index (χ0v) is 8.13. The van der Waals surface area contributed by atoms with E-state index in [2.05, 4.69) is 5.32 Å². The van der Waals surface area contributed by atoms with Crippen molar-refractivity contribution in [2.75, 3.05) is 7.05 Å². The number of hydrogen-bond donors (Lipinski definition) is 2. The predicted octanol–water partition coefficient (Wildman–Crippen LogP) is 1.18. The van der Waals surface area contributed by atoms with Crippen molar-refractivity contribution in [2.24, 2.45) is 0 Å². The van der Waals surface area contributed by atoms with Crippen LogP contribution in [0, 0.1) is 11.6 Å². The van der Waals surface area contributed by atoms with E-state index in [9.17, 15) is 13.6 Å². The Morgan fingerprint density at radius 1 is 1.53 bits per heavy atom. The number of nitrogens with one attached hydrogen (secondary N) is 1. The first-order chi connectivity index (χ1) is 7.04. The monoisotopic (exact) mass is 215 g/mol. The van der Waals surface area contributed by atoms with E-state index in [1.54, 1.807) is 0 Å². The van der Waals surface area contributed by atoms with Gasteiger partial charge in [0.2, 0.25) is 0 Å². The fraction of sp³-hybridized carbons (Fsp3) is 0.300. The second-order valence-corrected chi connectivity index (χ2v) is 3.12. The summed E-state index contributed by atoms with van der Waals surface area (Å²) in [5.74, 6) is -2.27. The minimum atomic E-state index is -1.10. The summed E-state index contributed by atoms with van der Waals surface area (Å²) in [6.07, 6.45) is -0.0879. The molecule has 2 N–H and O–H groups in total. The van der Waals surface area contributed by atoms with E-state index >= 15 is 0 Å². The normalized spacial score (nSPS) is 12.5. The van der Waals surface area contributed by atoms with Gasteiger partial charge in [-0.3, -0.25) is 4.79 Å². The summed E-state index contributed by atoms with van der Waals surface area (Å²) in [4.78, 5) is 10.7. The molecule has 0 unspecified atom stereocenters. The smallest absolute Gasteiger partial charge is 0.321 e. The Morgan fingerprint density at radius 2 is 2.20 bits per heavy atom. The highest BCUT2D eigenvalue weighted by Crippen LogP contribution is 2.11. The highest BCUT2D eigenvalue weighted by molar-refractivity contribution is 5.73. The maximum absolute atomic E-state index is 13.1. The van der Waals surface area contributed by atoms with Crippen LogP contribution in [0.25, 0.3) is 0 Å². The average molecular weight is 215 g/mol. The molecule has 0 fully saturated rings. The summed E-state index contributed by atoms with van der Waals surface area (Å²) in [5.41, 5.74) is 0.0525. The van der Waals surface area contributed by atoms with Crippen LogP contribution < -0.4 is 5.32 Å². The number of halogens is 2. The maximum Gasteiger partial charge on any atom is 0.321 e. The molecule has 5 heteroatoms. The first-order valence-electron chi connectivity index (χ1n) is 4.38. The highest BCUT2D eigenvalue weighted by Gasteiger charge is 2.17. The van der Waals surface area contributed by atoms with E-state index in [4.69, 9.17) is 5.11 Å².